The molecule has 0 saturated carbocycles. The number of thiophene rings is 1. The second-order valence-electron chi connectivity index (χ2n) is 6.73. The molecule has 1 heterocycles. The Morgan fingerprint density at radius 3 is 2.10 bits per heavy atom. The van der Waals surface area contributed by atoms with Gasteiger partial charge in [0, 0.05) is 21.2 Å². The number of hydrogen-bond acceptors (Lipinski definition) is 2. The van der Waals surface area contributed by atoms with Crippen molar-refractivity contribution in [1.82, 2.24) is 0 Å². The summed E-state index contributed by atoms with van der Waals surface area (Å²) in [5.74, 6) is 0. The Balaban J connectivity index is 0.000000645. The van der Waals surface area contributed by atoms with Crippen LogP contribution >= 0.6 is 11.3 Å². The van der Waals surface area contributed by atoms with E-state index in [-0.39, 0.29) is 0 Å². The highest BCUT2D eigenvalue weighted by molar-refractivity contribution is 7.26. The second-order valence-corrected chi connectivity index (χ2v) is 7.78. The minimum absolute atomic E-state index is 1.11. The van der Waals surface area contributed by atoms with E-state index < -0.39 is 0 Å². The number of para-hydroxylation sites is 1. The first-order chi connectivity index (χ1) is 14.3. The van der Waals surface area contributed by atoms with E-state index in [1.807, 2.05) is 24.3 Å². The second kappa shape index (κ2) is 8.76. The monoisotopic (exact) mass is 393 g/mol. The maximum atomic E-state index is 3.60. The molecule has 2 heteroatoms. The molecule has 0 aliphatic heterocycles. The Labute approximate surface area is 176 Å². The van der Waals surface area contributed by atoms with Crippen LogP contribution in [-0.4, -0.2) is 0 Å². The third kappa shape index (κ3) is 3.94. The zero-order chi connectivity index (χ0) is 20.1. The van der Waals surface area contributed by atoms with Crippen molar-refractivity contribution >= 4 is 42.9 Å². The molecule has 0 radical (unpaired) electrons. The molecule has 0 unspecified atom stereocenters. The van der Waals surface area contributed by atoms with Crippen LogP contribution in [0.4, 0.5) is 11.4 Å². The molecule has 5 aromatic rings. The van der Waals surface area contributed by atoms with Gasteiger partial charge in [0.05, 0.1) is 10.4 Å². The summed E-state index contributed by atoms with van der Waals surface area (Å²) in [6.07, 6.45) is 1.75. The molecule has 142 valence electrons. The van der Waals surface area contributed by atoms with E-state index in [0.29, 0.717) is 0 Å². The Bertz CT molecular complexity index is 1240. The van der Waals surface area contributed by atoms with Crippen molar-refractivity contribution in [2.75, 3.05) is 5.32 Å². The van der Waals surface area contributed by atoms with E-state index in [1.54, 1.807) is 6.08 Å². The molecule has 1 N–H and O–H groups in total. The first kappa shape index (κ1) is 19.0. The summed E-state index contributed by atoms with van der Waals surface area (Å²) in [7, 11) is 0. The van der Waals surface area contributed by atoms with Gasteiger partial charge in [-0.25, -0.2) is 0 Å². The molecule has 0 saturated heterocycles. The summed E-state index contributed by atoms with van der Waals surface area (Å²) in [6, 6.07) is 34.1. The van der Waals surface area contributed by atoms with Gasteiger partial charge in [-0.15, -0.1) is 17.9 Å². The molecular weight excluding hydrogens is 370 g/mol. The number of hydrogen-bond donors (Lipinski definition) is 1. The molecule has 1 aromatic heterocycles. The quantitative estimate of drug-likeness (QED) is 0.302. The molecule has 0 aliphatic carbocycles. The van der Waals surface area contributed by atoms with E-state index in [4.69, 9.17) is 0 Å². The summed E-state index contributed by atoms with van der Waals surface area (Å²) in [5, 5.41) is 6.25. The number of fused-ring (bicyclic) bond motifs is 3. The highest BCUT2D eigenvalue weighted by atomic mass is 32.1. The Kier molecular flexibility index (Phi) is 5.73. The zero-order valence-electron chi connectivity index (χ0n) is 16.4. The molecule has 4 aromatic carbocycles. The average molecular weight is 394 g/mol. The van der Waals surface area contributed by atoms with E-state index >= 15 is 0 Å². The highest BCUT2D eigenvalue weighted by Gasteiger charge is 2.14. The van der Waals surface area contributed by atoms with Crippen LogP contribution in [0.1, 0.15) is 6.92 Å². The summed E-state index contributed by atoms with van der Waals surface area (Å²) in [6.45, 7) is 5.25. The molecule has 5 rings (SSSR count). The Hall–Kier alpha value is -3.36. The van der Waals surface area contributed by atoms with Crippen molar-refractivity contribution in [1.29, 1.82) is 0 Å². The van der Waals surface area contributed by atoms with Crippen LogP contribution in [0.15, 0.2) is 110 Å². The van der Waals surface area contributed by atoms with Crippen LogP contribution in [0.25, 0.3) is 31.3 Å². The fourth-order valence-corrected chi connectivity index (χ4v) is 4.66. The average Bonchev–Trinajstić information content (AvgIpc) is 3.16. The zero-order valence-corrected chi connectivity index (χ0v) is 17.2. The molecule has 0 bridgehead atoms. The fourth-order valence-electron chi connectivity index (χ4n) is 3.46. The van der Waals surface area contributed by atoms with Crippen LogP contribution < -0.4 is 5.32 Å². The van der Waals surface area contributed by atoms with Gasteiger partial charge >= 0.3 is 0 Å². The summed E-state index contributed by atoms with van der Waals surface area (Å²) < 4.78 is 2.62. The van der Waals surface area contributed by atoms with Crippen LogP contribution in [0.3, 0.4) is 0 Å². The molecule has 1 nitrogen and oxygen atoms in total. The van der Waals surface area contributed by atoms with Crippen LogP contribution in [-0.2, 0) is 0 Å². The lowest BCUT2D eigenvalue weighted by Gasteiger charge is -2.11. The largest absolute Gasteiger partial charge is 0.354 e. The smallest absolute Gasteiger partial charge is 0.0596 e. The van der Waals surface area contributed by atoms with Crippen molar-refractivity contribution in [3.63, 3.8) is 0 Å². The van der Waals surface area contributed by atoms with Crippen LogP contribution in [0.2, 0.25) is 0 Å². The van der Waals surface area contributed by atoms with Gasteiger partial charge in [0.1, 0.15) is 0 Å². The van der Waals surface area contributed by atoms with Gasteiger partial charge in [-0.3, -0.25) is 0 Å². The molecule has 29 heavy (non-hydrogen) atoms. The third-order valence-corrected chi connectivity index (χ3v) is 5.87. The molecule has 0 aliphatic rings. The van der Waals surface area contributed by atoms with Crippen molar-refractivity contribution < 1.29 is 0 Å². The topological polar surface area (TPSA) is 12.0 Å². The van der Waals surface area contributed by atoms with E-state index in [9.17, 15) is 0 Å². The van der Waals surface area contributed by atoms with Gasteiger partial charge in [-0.1, -0.05) is 78.9 Å². The number of anilines is 2. The van der Waals surface area contributed by atoms with Crippen molar-refractivity contribution in [3.05, 3.63) is 110 Å². The van der Waals surface area contributed by atoms with Gasteiger partial charge in [-0.05, 0) is 42.3 Å². The lowest BCUT2D eigenvalue weighted by atomic mass is 9.99. The number of nitrogens with one attached hydrogen (secondary N) is 1. The van der Waals surface area contributed by atoms with Gasteiger partial charge < -0.3 is 5.32 Å². The normalized spacial score (nSPS) is 10.4. The van der Waals surface area contributed by atoms with Gasteiger partial charge in [0.25, 0.3) is 0 Å². The van der Waals surface area contributed by atoms with E-state index in [1.165, 1.54) is 31.3 Å². The minimum Gasteiger partial charge on any atom is -0.354 e. The first-order valence-electron chi connectivity index (χ1n) is 9.70. The third-order valence-electron chi connectivity index (χ3n) is 4.66. The van der Waals surface area contributed by atoms with Gasteiger partial charge in [-0.2, -0.15) is 0 Å². The van der Waals surface area contributed by atoms with E-state index in [0.717, 1.165) is 11.4 Å². The number of allylic oxidation sites excluding steroid dienone is 1. The SMILES string of the molecule is C=CC.c1ccc(Nc2ccc(-c3ccccc3)c3c2sc2ccccc23)cc1. The summed E-state index contributed by atoms with van der Waals surface area (Å²) >= 11 is 1.85. The highest BCUT2D eigenvalue weighted by Crippen LogP contribution is 2.44. The number of rotatable bonds is 3. The van der Waals surface area contributed by atoms with Gasteiger partial charge in [0.2, 0.25) is 0 Å². The standard InChI is InChI=1S/C24H17NS.C3H6/c1-3-9-17(10-4-1)19-15-16-21(25-18-11-5-2-6-12-18)24-23(19)20-13-7-8-14-22(20)26-24;1-3-2/h1-16,25H;3H,1H2,2H3. The first-order valence-corrected chi connectivity index (χ1v) is 10.5. The maximum absolute atomic E-state index is 3.60. The molecule has 0 fully saturated rings. The van der Waals surface area contributed by atoms with Crippen molar-refractivity contribution in [2.24, 2.45) is 0 Å². The predicted molar refractivity (Wildman–Crippen MR) is 130 cm³/mol. The molecule has 0 atom stereocenters. The lowest BCUT2D eigenvalue weighted by molar-refractivity contribution is 1.58. The lowest BCUT2D eigenvalue weighted by Crippen LogP contribution is -1.90. The predicted octanol–water partition coefficient (Wildman–Crippen LogP) is 8.66. The number of benzene rings is 4. The Morgan fingerprint density at radius 1 is 0.759 bits per heavy atom. The Morgan fingerprint density at radius 2 is 1.38 bits per heavy atom. The van der Waals surface area contributed by atoms with Crippen LogP contribution in [0.5, 0.6) is 0 Å². The van der Waals surface area contributed by atoms with Gasteiger partial charge in [0.15, 0.2) is 0 Å². The van der Waals surface area contributed by atoms with E-state index in [2.05, 4.69) is 103 Å². The van der Waals surface area contributed by atoms with Crippen molar-refractivity contribution in [3.8, 4) is 11.1 Å². The maximum Gasteiger partial charge on any atom is 0.0596 e. The fraction of sp³-hybridized carbons (Fsp3) is 0.0370. The molecule has 0 amide bonds. The molecule has 0 spiro atoms. The summed E-state index contributed by atoms with van der Waals surface area (Å²) in [5.41, 5.74) is 4.81. The minimum atomic E-state index is 1.11. The van der Waals surface area contributed by atoms with Crippen LogP contribution in [0, 0.1) is 0 Å². The van der Waals surface area contributed by atoms with Crippen molar-refractivity contribution in [2.45, 2.75) is 6.92 Å². The molecular formula is C27H23NS. The summed E-state index contributed by atoms with van der Waals surface area (Å²) in [4.78, 5) is 0.